The van der Waals surface area contributed by atoms with Gasteiger partial charge in [0.1, 0.15) is 0 Å². The van der Waals surface area contributed by atoms with Crippen molar-refractivity contribution in [1.29, 1.82) is 0 Å². The van der Waals surface area contributed by atoms with Crippen molar-refractivity contribution >= 4 is 17.3 Å². The molecule has 94 valence electrons. The normalized spacial score (nSPS) is 12.4. The summed E-state index contributed by atoms with van der Waals surface area (Å²) < 4.78 is 0. The average Bonchev–Trinajstić information content (AvgIpc) is 2.28. The summed E-state index contributed by atoms with van der Waals surface area (Å²) in [5.74, 6) is -0.00588. The molecule has 1 aromatic carbocycles. The summed E-state index contributed by atoms with van der Waals surface area (Å²) >= 11 is 0. The van der Waals surface area contributed by atoms with Crippen LogP contribution in [0.4, 0.5) is 11.4 Å². The molecule has 0 aliphatic rings. The van der Waals surface area contributed by atoms with Crippen molar-refractivity contribution in [3.63, 3.8) is 0 Å². The third-order valence-corrected chi connectivity index (χ3v) is 2.67. The van der Waals surface area contributed by atoms with Gasteiger partial charge in [0.15, 0.2) is 0 Å². The second-order valence-electron chi connectivity index (χ2n) is 4.70. The number of nitrogens with zero attached hydrogens (tertiary/aromatic N) is 1. The molecule has 0 aliphatic carbocycles. The van der Waals surface area contributed by atoms with Crippen molar-refractivity contribution in [3.05, 3.63) is 24.3 Å². The number of carbonyl (C=O) groups is 1. The summed E-state index contributed by atoms with van der Waals surface area (Å²) in [6.45, 7) is 3.86. The number of benzene rings is 1. The zero-order valence-electron chi connectivity index (χ0n) is 10.9. The zero-order valence-corrected chi connectivity index (χ0v) is 10.9. The Kier molecular flexibility index (Phi) is 4.52. The van der Waals surface area contributed by atoms with Gasteiger partial charge in [-0.2, -0.15) is 0 Å². The molecular weight excluding hydrogens is 214 g/mol. The maximum absolute atomic E-state index is 11.7. The summed E-state index contributed by atoms with van der Waals surface area (Å²) in [5, 5.41) is 2.81. The molecule has 0 aliphatic heterocycles. The third kappa shape index (κ3) is 3.75. The van der Waals surface area contributed by atoms with Crippen LogP contribution in [-0.4, -0.2) is 26.0 Å². The van der Waals surface area contributed by atoms with E-state index in [2.05, 4.69) is 5.32 Å². The van der Waals surface area contributed by atoms with Gasteiger partial charge in [-0.15, -0.1) is 0 Å². The molecule has 0 bridgehead atoms. The average molecular weight is 235 g/mol. The van der Waals surface area contributed by atoms with E-state index in [4.69, 9.17) is 5.73 Å². The molecule has 0 fully saturated rings. The highest BCUT2D eigenvalue weighted by Gasteiger charge is 2.16. The first kappa shape index (κ1) is 13.5. The van der Waals surface area contributed by atoms with Crippen LogP contribution in [0.2, 0.25) is 0 Å². The van der Waals surface area contributed by atoms with Crippen LogP contribution >= 0.6 is 0 Å². The molecule has 1 aromatic rings. The highest BCUT2D eigenvalue weighted by molar-refractivity contribution is 5.94. The molecule has 0 spiro atoms. The van der Waals surface area contributed by atoms with E-state index in [1.807, 2.05) is 57.1 Å². The lowest BCUT2D eigenvalue weighted by Gasteiger charge is -2.16. The number of rotatable bonds is 4. The van der Waals surface area contributed by atoms with Crippen molar-refractivity contribution in [2.45, 2.75) is 19.9 Å². The van der Waals surface area contributed by atoms with Crippen LogP contribution in [0.25, 0.3) is 0 Å². The molecule has 4 nitrogen and oxygen atoms in total. The maximum atomic E-state index is 11.7. The summed E-state index contributed by atoms with van der Waals surface area (Å²) in [5.41, 5.74) is 7.63. The molecular formula is C13H21N3O. The topological polar surface area (TPSA) is 58.4 Å². The lowest BCUT2D eigenvalue weighted by Crippen LogP contribution is -2.39. The Balaban J connectivity index is 2.66. The van der Waals surface area contributed by atoms with Crippen LogP contribution in [0.15, 0.2) is 24.3 Å². The fourth-order valence-electron chi connectivity index (χ4n) is 1.37. The largest absolute Gasteiger partial charge is 0.378 e. The van der Waals surface area contributed by atoms with E-state index < -0.39 is 6.04 Å². The van der Waals surface area contributed by atoms with Crippen LogP contribution in [0.1, 0.15) is 13.8 Å². The smallest absolute Gasteiger partial charge is 0.241 e. The molecule has 17 heavy (non-hydrogen) atoms. The second kappa shape index (κ2) is 5.68. The minimum Gasteiger partial charge on any atom is -0.378 e. The molecule has 0 aromatic heterocycles. The molecule has 0 heterocycles. The lowest BCUT2D eigenvalue weighted by molar-refractivity contribution is -0.118. The van der Waals surface area contributed by atoms with Crippen LogP contribution in [0, 0.1) is 5.92 Å². The van der Waals surface area contributed by atoms with Crippen molar-refractivity contribution < 1.29 is 4.79 Å². The summed E-state index contributed by atoms with van der Waals surface area (Å²) in [6, 6.07) is 7.19. The predicted molar refractivity (Wildman–Crippen MR) is 72.2 cm³/mol. The molecule has 4 heteroatoms. The number of anilines is 2. The number of nitrogens with two attached hydrogens (primary N) is 1. The van der Waals surface area contributed by atoms with Gasteiger partial charge >= 0.3 is 0 Å². The van der Waals surface area contributed by atoms with E-state index >= 15 is 0 Å². The fraction of sp³-hybridized carbons (Fsp3) is 0.462. The van der Waals surface area contributed by atoms with Crippen molar-refractivity contribution in [2.75, 3.05) is 24.3 Å². The molecule has 0 unspecified atom stereocenters. The van der Waals surface area contributed by atoms with Gasteiger partial charge in [-0.1, -0.05) is 13.8 Å². The van der Waals surface area contributed by atoms with Crippen molar-refractivity contribution in [1.82, 2.24) is 0 Å². The Hall–Kier alpha value is -1.55. The highest BCUT2D eigenvalue weighted by atomic mass is 16.2. The van der Waals surface area contributed by atoms with Gasteiger partial charge in [0.25, 0.3) is 0 Å². The van der Waals surface area contributed by atoms with Crippen molar-refractivity contribution in [3.8, 4) is 0 Å². The lowest BCUT2D eigenvalue weighted by atomic mass is 10.0. The number of nitrogens with one attached hydrogen (secondary N) is 1. The van der Waals surface area contributed by atoms with Gasteiger partial charge in [0, 0.05) is 25.5 Å². The predicted octanol–water partition coefficient (Wildman–Crippen LogP) is 1.67. The van der Waals surface area contributed by atoms with E-state index in [0.29, 0.717) is 0 Å². The quantitative estimate of drug-likeness (QED) is 0.834. The Morgan fingerprint density at radius 2 is 1.76 bits per heavy atom. The molecule has 0 saturated carbocycles. The molecule has 1 rings (SSSR count). The van der Waals surface area contributed by atoms with E-state index in [9.17, 15) is 4.79 Å². The van der Waals surface area contributed by atoms with Crippen LogP contribution in [0.5, 0.6) is 0 Å². The van der Waals surface area contributed by atoms with Crippen LogP contribution in [-0.2, 0) is 4.79 Å². The van der Waals surface area contributed by atoms with Gasteiger partial charge in [-0.3, -0.25) is 4.79 Å². The first-order chi connectivity index (χ1) is 7.91. The highest BCUT2D eigenvalue weighted by Crippen LogP contribution is 2.16. The standard InChI is InChI=1S/C13H21N3O/c1-9(2)12(14)13(17)15-10-5-7-11(8-6-10)16(3)4/h5-9,12H,14H2,1-4H3,(H,15,17)/t12-/m0/s1. The van der Waals surface area contributed by atoms with E-state index in [-0.39, 0.29) is 11.8 Å². The second-order valence-corrected chi connectivity index (χ2v) is 4.70. The van der Waals surface area contributed by atoms with Crippen molar-refractivity contribution in [2.24, 2.45) is 11.7 Å². The summed E-state index contributed by atoms with van der Waals surface area (Å²) in [7, 11) is 3.95. The minimum absolute atomic E-state index is 0.135. The number of hydrogen-bond acceptors (Lipinski definition) is 3. The Morgan fingerprint density at radius 3 is 2.18 bits per heavy atom. The number of amides is 1. The number of hydrogen-bond donors (Lipinski definition) is 2. The molecule has 1 atom stereocenters. The summed E-state index contributed by atoms with van der Waals surface area (Å²) in [4.78, 5) is 13.7. The van der Waals surface area contributed by atoms with Gasteiger partial charge in [0.05, 0.1) is 6.04 Å². The fourth-order valence-corrected chi connectivity index (χ4v) is 1.37. The Labute approximate surface area is 103 Å². The SMILES string of the molecule is CC(C)[C@H](N)C(=O)Nc1ccc(N(C)C)cc1. The first-order valence-electron chi connectivity index (χ1n) is 5.75. The minimum atomic E-state index is -0.469. The molecule has 3 N–H and O–H groups in total. The Bertz CT molecular complexity index is 371. The first-order valence-corrected chi connectivity index (χ1v) is 5.75. The zero-order chi connectivity index (χ0) is 13.0. The monoisotopic (exact) mass is 235 g/mol. The Morgan fingerprint density at radius 1 is 1.24 bits per heavy atom. The van der Waals surface area contributed by atoms with Gasteiger partial charge in [0.2, 0.25) is 5.91 Å². The summed E-state index contributed by atoms with van der Waals surface area (Å²) in [6.07, 6.45) is 0. The number of carbonyl (C=O) groups excluding carboxylic acids is 1. The van der Waals surface area contributed by atoms with Crippen LogP contribution < -0.4 is 16.0 Å². The molecule has 1 amide bonds. The third-order valence-electron chi connectivity index (χ3n) is 2.67. The maximum Gasteiger partial charge on any atom is 0.241 e. The van der Waals surface area contributed by atoms with Gasteiger partial charge in [-0.25, -0.2) is 0 Å². The van der Waals surface area contributed by atoms with E-state index in [1.54, 1.807) is 0 Å². The van der Waals surface area contributed by atoms with Crippen LogP contribution in [0.3, 0.4) is 0 Å². The van der Waals surface area contributed by atoms with E-state index in [1.165, 1.54) is 0 Å². The van der Waals surface area contributed by atoms with Gasteiger partial charge < -0.3 is 16.0 Å². The van der Waals surface area contributed by atoms with E-state index in [0.717, 1.165) is 11.4 Å². The van der Waals surface area contributed by atoms with Gasteiger partial charge in [-0.05, 0) is 30.2 Å². The molecule has 0 radical (unpaired) electrons. The molecule has 0 saturated heterocycles.